The quantitative estimate of drug-likeness (QED) is 0.859. The van der Waals surface area contributed by atoms with Gasteiger partial charge in [0.2, 0.25) is 0 Å². The number of hydrogen-bond acceptors (Lipinski definition) is 2. The van der Waals surface area contributed by atoms with Crippen LogP contribution in [0.5, 0.6) is 0 Å². The van der Waals surface area contributed by atoms with E-state index in [1.807, 2.05) is 18.2 Å². The van der Waals surface area contributed by atoms with Crippen molar-refractivity contribution in [2.24, 2.45) is 0 Å². The summed E-state index contributed by atoms with van der Waals surface area (Å²) in [7, 11) is 0. The van der Waals surface area contributed by atoms with E-state index in [0.29, 0.717) is 6.04 Å². The molecular weight excluding hydrogens is 291 g/mol. The van der Waals surface area contributed by atoms with Gasteiger partial charge in [0.15, 0.2) is 0 Å². The maximum Gasteiger partial charge on any atom is 0.0454 e. The number of nitrogens with one attached hydrogen (secondary N) is 1. The molecule has 1 aliphatic heterocycles. The van der Waals surface area contributed by atoms with Gasteiger partial charge in [-0.1, -0.05) is 29.6 Å². The number of halogens is 2. The fourth-order valence-corrected chi connectivity index (χ4v) is 3.25. The molecule has 0 saturated carbocycles. The van der Waals surface area contributed by atoms with E-state index < -0.39 is 0 Å². The highest BCUT2D eigenvalue weighted by atomic mass is 35.5. The zero-order chi connectivity index (χ0) is 14.5. The van der Waals surface area contributed by atoms with Gasteiger partial charge in [-0.25, -0.2) is 0 Å². The third kappa shape index (κ3) is 4.36. The van der Waals surface area contributed by atoms with E-state index in [1.165, 1.54) is 32.4 Å². The molecule has 0 aliphatic carbocycles. The average molecular weight is 315 g/mol. The fourth-order valence-electron chi connectivity index (χ4n) is 2.79. The molecule has 4 heteroatoms. The maximum absolute atomic E-state index is 6.25. The predicted octanol–water partition coefficient (Wildman–Crippen LogP) is 4.52. The number of hydrogen-bond donors (Lipinski definition) is 1. The highest BCUT2D eigenvalue weighted by Gasteiger charge is 2.18. The molecule has 112 valence electrons. The summed E-state index contributed by atoms with van der Waals surface area (Å²) in [6.07, 6.45) is 4.05. The molecule has 1 fully saturated rings. The summed E-state index contributed by atoms with van der Waals surface area (Å²) in [6, 6.07) is 6.43. The van der Waals surface area contributed by atoms with Crippen LogP contribution in [0.1, 0.15) is 44.7 Å². The lowest BCUT2D eigenvalue weighted by Crippen LogP contribution is -2.43. The van der Waals surface area contributed by atoms with Crippen molar-refractivity contribution >= 4 is 23.2 Å². The molecule has 0 spiro atoms. The van der Waals surface area contributed by atoms with Crippen molar-refractivity contribution in [1.29, 1.82) is 0 Å². The summed E-state index contributed by atoms with van der Waals surface area (Å²) in [6.45, 7) is 7.87. The Kier molecular flexibility index (Phi) is 6.16. The Balaban J connectivity index is 1.87. The molecule has 2 atom stereocenters. The molecule has 1 aromatic rings. The normalized spacial score (nSPS) is 19.8. The van der Waals surface area contributed by atoms with Gasteiger partial charge in [0, 0.05) is 28.7 Å². The molecule has 2 nitrogen and oxygen atoms in total. The first-order chi connectivity index (χ1) is 9.58. The van der Waals surface area contributed by atoms with Crippen molar-refractivity contribution in [3.8, 4) is 0 Å². The van der Waals surface area contributed by atoms with Crippen LogP contribution < -0.4 is 5.32 Å². The van der Waals surface area contributed by atoms with Crippen LogP contribution in [0.15, 0.2) is 18.2 Å². The van der Waals surface area contributed by atoms with Crippen LogP contribution in [-0.4, -0.2) is 30.6 Å². The molecular formula is C16H24Cl2N2. The second kappa shape index (κ2) is 7.65. The summed E-state index contributed by atoms with van der Waals surface area (Å²) >= 11 is 12.3. The molecule has 1 aliphatic rings. The predicted molar refractivity (Wildman–Crippen MR) is 87.8 cm³/mol. The number of benzene rings is 1. The van der Waals surface area contributed by atoms with E-state index in [-0.39, 0.29) is 6.04 Å². The Morgan fingerprint density at radius 2 is 1.85 bits per heavy atom. The van der Waals surface area contributed by atoms with E-state index in [1.54, 1.807) is 0 Å². The van der Waals surface area contributed by atoms with Crippen molar-refractivity contribution in [2.45, 2.75) is 45.2 Å². The zero-order valence-corrected chi connectivity index (χ0v) is 13.8. The molecule has 2 unspecified atom stereocenters. The Morgan fingerprint density at radius 3 is 2.55 bits per heavy atom. The Labute approximate surface area is 132 Å². The Bertz CT molecular complexity index is 430. The minimum absolute atomic E-state index is 0.216. The van der Waals surface area contributed by atoms with Crippen molar-refractivity contribution < 1.29 is 0 Å². The monoisotopic (exact) mass is 314 g/mol. The minimum Gasteiger partial charge on any atom is -0.309 e. The average Bonchev–Trinajstić information content (AvgIpc) is 2.47. The van der Waals surface area contributed by atoms with Gasteiger partial charge in [0.05, 0.1) is 0 Å². The number of likely N-dealkylation sites (tertiary alicyclic amines) is 1. The van der Waals surface area contributed by atoms with E-state index in [4.69, 9.17) is 23.2 Å². The van der Waals surface area contributed by atoms with Gasteiger partial charge < -0.3 is 5.32 Å². The second-order valence-electron chi connectivity index (χ2n) is 5.74. The van der Waals surface area contributed by atoms with E-state index in [0.717, 1.165) is 22.2 Å². The third-order valence-corrected chi connectivity index (χ3v) is 4.74. The summed E-state index contributed by atoms with van der Waals surface area (Å²) < 4.78 is 0. The first kappa shape index (κ1) is 16.1. The van der Waals surface area contributed by atoms with Gasteiger partial charge in [-0.2, -0.15) is 0 Å². The molecule has 1 heterocycles. The van der Waals surface area contributed by atoms with Gasteiger partial charge in [-0.15, -0.1) is 0 Å². The lowest BCUT2D eigenvalue weighted by atomic mass is 10.1. The molecule has 0 radical (unpaired) electrons. The van der Waals surface area contributed by atoms with Crippen molar-refractivity contribution in [3.05, 3.63) is 33.8 Å². The molecule has 1 N–H and O–H groups in total. The number of nitrogens with zero attached hydrogens (tertiary/aromatic N) is 1. The summed E-state index contributed by atoms with van der Waals surface area (Å²) in [5.74, 6) is 0. The van der Waals surface area contributed by atoms with Gasteiger partial charge in [0.25, 0.3) is 0 Å². The topological polar surface area (TPSA) is 15.3 Å². The Hall–Kier alpha value is -0.280. The zero-order valence-electron chi connectivity index (χ0n) is 12.3. The van der Waals surface area contributed by atoms with Crippen LogP contribution in [0.3, 0.4) is 0 Å². The highest BCUT2D eigenvalue weighted by Crippen LogP contribution is 2.26. The lowest BCUT2D eigenvalue weighted by Gasteiger charge is -2.33. The number of piperidine rings is 1. The molecule has 0 amide bonds. The highest BCUT2D eigenvalue weighted by molar-refractivity contribution is 6.33. The van der Waals surface area contributed by atoms with Gasteiger partial charge in [-0.3, -0.25) is 4.90 Å². The van der Waals surface area contributed by atoms with E-state index >= 15 is 0 Å². The number of rotatable bonds is 5. The van der Waals surface area contributed by atoms with E-state index in [2.05, 4.69) is 24.1 Å². The second-order valence-corrected chi connectivity index (χ2v) is 6.59. The van der Waals surface area contributed by atoms with Crippen LogP contribution in [0, 0.1) is 0 Å². The van der Waals surface area contributed by atoms with Gasteiger partial charge in [0.1, 0.15) is 0 Å². The third-order valence-electron chi connectivity index (χ3n) is 4.16. The molecule has 1 saturated heterocycles. The van der Waals surface area contributed by atoms with Crippen molar-refractivity contribution in [2.75, 3.05) is 19.6 Å². The molecule has 2 rings (SSSR count). The summed E-state index contributed by atoms with van der Waals surface area (Å²) in [5.41, 5.74) is 1.07. The van der Waals surface area contributed by atoms with Crippen LogP contribution >= 0.6 is 23.2 Å². The standard InChI is InChI=1S/C16H24Cl2N2/c1-12(20-8-4-3-5-9-20)11-19-13(2)15-10-14(17)6-7-16(15)18/h6-7,10,12-13,19H,3-5,8-9,11H2,1-2H3. The molecule has 1 aromatic carbocycles. The van der Waals surface area contributed by atoms with Crippen molar-refractivity contribution in [3.63, 3.8) is 0 Å². The first-order valence-corrected chi connectivity index (χ1v) is 8.26. The molecule has 0 aromatic heterocycles. The summed E-state index contributed by atoms with van der Waals surface area (Å²) in [4.78, 5) is 2.57. The molecule has 20 heavy (non-hydrogen) atoms. The van der Waals surface area contributed by atoms with Crippen molar-refractivity contribution in [1.82, 2.24) is 10.2 Å². The lowest BCUT2D eigenvalue weighted by molar-refractivity contribution is 0.168. The molecule has 0 bridgehead atoms. The van der Waals surface area contributed by atoms with Gasteiger partial charge in [-0.05, 0) is 63.5 Å². The first-order valence-electron chi connectivity index (χ1n) is 7.50. The fraction of sp³-hybridized carbons (Fsp3) is 0.625. The van der Waals surface area contributed by atoms with Crippen LogP contribution in [0.2, 0.25) is 10.0 Å². The minimum atomic E-state index is 0.216. The SMILES string of the molecule is CC(NCC(C)N1CCCCC1)c1cc(Cl)ccc1Cl. The van der Waals surface area contributed by atoms with Crippen LogP contribution in [-0.2, 0) is 0 Å². The van der Waals surface area contributed by atoms with E-state index in [9.17, 15) is 0 Å². The van der Waals surface area contributed by atoms with Crippen LogP contribution in [0.25, 0.3) is 0 Å². The Morgan fingerprint density at radius 1 is 1.15 bits per heavy atom. The van der Waals surface area contributed by atoms with Crippen LogP contribution in [0.4, 0.5) is 0 Å². The maximum atomic E-state index is 6.25. The van der Waals surface area contributed by atoms with Gasteiger partial charge >= 0.3 is 0 Å². The largest absolute Gasteiger partial charge is 0.309 e. The summed E-state index contributed by atoms with van der Waals surface area (Å²) in [5, 5.41) is 5.10. The smallest absolute Gasteiger partial charge is 0.0454 e.